The summed E-state index contributed by atoms with van der Waals surface area (Å²) >= 11 is 0. The number of rotatable bonds is 22. The van der Waals surface area contributed by atoms with Crippen molar-refractivity contribution in [2.45, 2.75) is 53.4 Å². The van der Waals surface area contributed by atoms with E-state index in [1.54, 1.807) is 12.1 Å². The number of ether oxygens (including phenoxy) is 8. The van der Waals surface area contributed by atoms with Crippen molar-refractivity contribution in [2.75, 3.05) is 79.3 Å². The van der Waals surface area contributed by atoms with Crippen molar-refractivity contribution in [2.24, 2.45) is 0 Å². The number of para-hydroxylation sites is 1. The van der Waals surface area contributed by atoms with Crippen molar-refractivity contribution in [3.63, 3.8) is 0 Å². The highest BCUT2D eigenvalue weighted by molar-refractivity contribution is 5.60. The highest BCUT2D eigenvalue weighted by Gasteiger charge is 2.26. The number of hydrogen-bond acceptors (Lipinski definition) is 13. The van der Waals surface area contributed by atoms with E-state index in [0.29, 0.717) is 101 Å². The minimum Gasteiger partial charge on any atom is -0.508 e. The van der Waals surface area contributed by atoms with Gasteiger partial charge in [-0.1, -0.05) is 18.2 Å². The first kappa shape index (κ1) is 44.6. The van der Waals surface area contributed by atoms with Gasteiger partial charge in [0.2, 0.25) is 0 Å². The van der Waals surface area contributed by atoms with Crippen LogP contribution in [0.5, 0.6) is 28.7 Å². The first-order valence-electron chi connectivity index (χ1n) is 20.0. The van der Waals surface area contributed by atoms with Crippen LogP contribution < -0.4 is 18.9 Å². The van der Waals surface area contributed by atoms with Crippen molar-refractivity contribution in [1.82, 2.24) is 0 Å². The van der Waals surface area contributed by atoms with Crippen molar-refractivity contribution < 1.29 is 52.8 Å². The van der Waals surface area contributed by atoms with Crippen LogP contribution in [-0.4, -0.2) is 94.2 Å². The summed E-state index contributed by atoms with van der Waals surface area (Å²) in [6.07, 6.45) is 0.439. The molecule has 15 nitrogen and oxygen atoms in total. The molecule has 1 aliphatic rings. The van der Waals surface area contributed by atoms with Crippen LogP contribution >= 0.6 is 0 Å². The Labute approximate surface area is 344 Å². The second-order valence-electron chi connectivity index (χ2n) is 13.6. The van der Waals surface area contributed by atoms with Crippen LogP contribution in [0, 0.1) is 20.2 Å². The van der Waals surface area contributed by atoms with Gasteiger partial charge in [-0.25, -0.2) is 0 Å². The Bertz CT molecular complexity index is 1910. The zero-order valence-electron chi connectivity index (χ0n) is 34.3. The van der Waals surface area contributed by atoms with Gasteiger partial charge in [0.05, 0.1) is 36.3 Å². The van der Waals surface area contributed by atoms with Crippen LogP contribution in [-0.2, 0) is 44.6 Å². The van der Waals surface area contributed by atoms with Gasteiger partial charge in [0.25, 0.3) is 11.4 Å². The smallest absolute Gasteiger partial charge is 0.270 e. The first-order chi connectivity index (χ1) is 28.7. The standard InChI is InChI=1S/C44H54N2O13/c1-5-52-12-16-56-41-30-10-9-11-31(41)21-33-25-39(46(50)51)27-35(43(33)58-18-14-54-7-3)23-37-29-40(47)28-36(44(37)59-19-15-55-8-4)22-34-26-38(45(48)49)24-32(20-30)42(34)57-17-13-53-6-2/h9-11,24-29,47H,5-8,12-23H2,1-4H3. The number of nitro groups is 2. The molecule has 0 amide bonds. The van der Waals surface area contributed by atoms with Crippen LogP contribution in [0.25, 0.3) is 0 Å². The number of aromatic hydroxyl groups is 1. The minimum atomic E-state index is -0.439. The number of nitro benzene ring substituents is 2. The Morgan fingerprint density at radius 3 is 1.02 bits per heavy atom. The molecule has 0 fully saturated rings. The fraction of sp³-hybridized carbons (Fsp3) is 0.455. The molecule has 0 unspecified atom stereocenters. The average Bonchev–Trinajstić information content (AvgIpc) is 3.20. The summed E-state index contributed by atoms with van der Waals surface area (Å²) in [6.45, 7) is 11.3. The van der Waals surface area contributed by atoms with E-state index in [4.69, 9.17) is 37.9 Å². The lowest BCUT2D eigenvalue weighted by Gasteiger charge is -2.23. The van der Waals surface area contributed by atoms with Gasteiger partial charge in [-0.2, -0.15) is 0 Å². The second-order valence-corrected chi connectivity index (χ2v) is 13.6. The van der Waals surface area contributed by atoms with Crippen molar-refractivity contribution in [1.29, 1.82) is 0 Å². The van der Waals surface area contributed by atoms with E-state index in [9.17, 15) is 25.3 Å². The average molecular weight is 819 g/mol. The molecule has 1 aliphatic carbocycles. The van der Waals surface area contributed by atoms with Crippen molar-refractivity contribution >= 4 is 11.4 Å². The molecule has 0 atom stereocenters. The summed E-state index contributed by atoms with van der Waals surface area (Å²) in [5.41, 5.74) is 4.17. The molecule has 4 aromatic rings. The van der Waals surface area contributed by atoms with Crippen LogP contribution in [0.4, 0.5) is 11.4 Å². The molecule has 318 valence electrons. The molecule has 5 rings (SSSR count). The molecule has 1 N–H and O–H groups in total. The maximum absolute atomic E-state index is 12.5. The molecule has 59 heavy (non-hydrogen) atoms. The summed E-state index contributed by atoms with van der Waals surface area (Å²) in [5, 5.41) is 36.3. The summed E-state index contributed by atoms with van der Waals surface area (Å²) in [4.78, 5) is 24.2. The number of non-ortho nitro benzene ring substituents is 2. The Morgan fingerprint density at radius 1 is 0.458 bits per heavy atom. The number of benzene rings is 4. The molecular formula is C44H54N2O13. The Kier molecular flexibility index (Phi) is 17.1. The Morgan fingerprint density at radius 2 is 0.729 bits per heavy atom. The summed E-state index contributed by atoms with van der Waals surface area (Å²) in [5.74, 6) is 1.69. The summed E-state index contributed by atoms with van der Waals surface area (Å²) < 4.78 is 48.2. The first-order valence-corrected chi connectivity index (χ1v) is 20.0. The van der Waals surface area contributed by atoms with Crippen LogP contribution in [0.3, 0.4) is 0 Å². The third kappa shape index (κ3) is 12.3. The maximum Gasteiger partial charge on any atom is 0.270 e. The van der Waals surface area contributed by atoms with Gasteiger partial charge in [-0.3, -0.25) is 20.2 Å². The van der Waals surface area contributed by atoms with Crippen molar-refractivity contribution in [3.05, 3.63) is 119 Å². The Hall–Kier alpha value is -5.48. The lowest BCUT2D eigenvalue weighted by atomic mass is 9.90. The Balaban J connectivity index is 1.82. The number of fused-ring (bicyclic) bond motifs is 8. The number of hydrogen-bond donors (Lipinski definition) is 1. The van der Waals surface area contributed by atoms with E-state index < -0.39 is 9.85 Å². The molecule has 0 spiro atoms. The van der Waals surface area contributed by atoms with Crippen molar-refractivity contribution in [3.8, 4) is 28.7 Å². The largest absolute Gasteiger partial charge is 0.508 e. The van der Waals surface area contributed by atoms with Gasteiger partial charge in [-0.15, -0.1) is 0 Å². The van der Waals surface area contributed by atoms with E-state index in [0.717, 1.165) is 0 Å². The zero-order valence-corrected chi connectivity index (χ0v) is 34.3. The minimum absolute atomic E-state index is 0.0552. The molecule has 8 bridgehead atoms. The quantitative estimate of drug-likeness (QED) is 0.0411. The zero-order chi connectivity index (χ0) is 42.1. The third-order valence-electron chi connectivity index (χ3n) is 9.52. The third-order valence-corrected chi connectivity index (χ3v) is 9.52. The molecule has 0 aliphatic heterocycles. The van der Waals surface area contributed by atoms with Gasteiger partial charge in [0, 0.05) is 110 Å². The van der Waals surface area contributed by atoms with Gasteiger partial charge < -0.3 is 43.0 Å². The monoisotopic (exact) mass is 818 g/mol. The summed E-state index contributed by atoms with van der Waals surface area (Å²) in [7, 11) is 0. The fourth-order valence-corrected chi connectivity index (χ4v) is 7.07. The van der Waals surface area contributed by atoms with Crippen LogP contribution in [0.15, 0.2) is 54.6 Å². The molecule has 0 radical (unpaired) electrons. The second kappa shape index (κ2) is 22.6. The molecule has 0 saturated heterocycles. The van der Waals surface area contributed by atoms with Gasteiger partial charge >= 0.3 is 0 Å². The molecular weight excluding hydrogens is 764 g/mol. The van der Waals surface area contributed by atoms with Crippen LogP contribution in [0.2, 0.25) is 0 Å². The van der Waals surface area contributed by atoms with E-state index >= 15 is 0 Å². The SMILES string of the molecule is CCOCCOc1c2cccc1Cc1cc([N+](=O)[O-])cc(c1OCCOCC)Cc1cc(O)cc(c1OCCOCC)Cc1cc([N+](=O)[O-])cc(c1OCCOCC)C2. The molecule has 4 aromatic carbocycles. The number of phenols is 1. The molecule has 0 saturated carbocycles. The lowest BCUT2D eigenvalue weighted by molar-refractivity contribution is -0.385. The predicted molar refractivity (Wildman–Crippen MR) is 220 cm³/mol. The van der Waals surface area contributed by atoms with E-state index in [-0.39, 0.29) is 89.1 Å². The van der Waals surface area contributed by atoms with E-state index in [2.05, 4.69) is 0 Å². The van der Waals surface area contributed by atoms with E-state index in [1.165, 1.54) is 24.3 Å². The highest BCUT2D eigenvalue weighted by atomic mass is 16.6. The highest BCUT2D eigenvalue weighted by Crippen LogP contribution is 2.42. The predicted octanol–water partition coefficient (Wildman–Crippen LogP) is 7.55. The topological polar surface area (TPSA) is 180 Å². The maximum atomic E-state index is 12.5. The van der Waals surface area contributed by atoms with E-state index in [1.807, 2.05) is 45.9 Å². The number of nitrogens with zero attached hydrogens (tertiary/aromatic N) is 2. The van der Waals surface area contributed by atoms with Gasteiger partial charge in [0.15, 0.2) is 0 Å². The molecule has 0 aromatic heterocycles. The van der Waals surface area contributed by atoms with Crippen LogP contribution in [0.1, 0.15) is 72.2 Å². The van der Waals surface area contributed by atoms with Gasteiger partial charge in [-0.05, 0) is 51.0 Å². The lowest BCUT2D eigenvalue weighted by Crippen LogP contribution is -2.14. The normalized spacial score (nSPS) is 12.2. The molecule has 15 heteroatoms. The van der Waals surface area contributed by atoms with Gasteiger partial charge in [0.1, 0.15) is 55.2 Å². The molecule has 0 heterocycles. The number of phenolic OH excluding ortho intramolecular Hbond substituents is 1. The summed E-state index contributed by atoms with van der Waals surface area (Å²) in [6, 6.07) is 14.7. The fourth-order valence-electron chi connectivity index (χ4n) is 7.07.